The molecule has 6 heteroatoms. The molecule has 1 aliphatic rings. The standard InChI is InChI=1S/C14H26O6/c1-5-6-7-18-8-12-14(20-10(2)15)13(17-4)11(16-3)9-19-12/h11-14H,5-9H2,1-4H3/t11-,12+,13+,14+/m0/s1. The lowest BCUT2D eigenvalue weighted by Gasteiger charge is -2.40. The molecule has 0 unspecified atom stereocenters. The Labute approximate surface area is 120 Å². The Morgan fingerprint density at radius 1 is 1.25 bits per heavy atom. The van der Waals surface area contributed by atoms with E-state index in [-0.39, 0.29) is 24.3 Å². The highest BCUT2D eigenvalue weighted by Gasteiger charge is 2.43. The molecule has 0 radical (unpaired) electrons. The third-order valence-electron chi connectivity index (χ3n) is 3.33. The zero-order valence-corrected chi connectivity index (χ0v) is 12.8. The van der Waals surface area contributed by atoms with Crippen LogP contribution in [0.5, 0.6) is 0 Å². The van der Waals surface area contributed by atoms with Crippen LogP contribution in [0.4, 0.5) is 0 Å². The van der Waals surface area contributed by atoms with Gasteiger partial charge in [0.15, 0.2) is 6.10 Å². The van der Waals surface area contributed by atoms with Crippen LogP contribution in [-0.4, -0.2) is 64.4 Å². The summed E-state index contributed by atoms with van der Waals surface area (Å²) >= 11 is 0. The van der Waals surface area contributed by atoms with E-state index in [2.05, 4.69) is 6.92 Å². The van der Waals surface area contributed by atoms with E-state index < -0.39 is 6.10 Å². The Bertz CT molecular complexity index is 283. The molecule has 0 aromatic rings. The first-order chi connectivity index (χ1) is 9.63. The minimum atomic E-state index is -0.516. The highest BCUT2D eigenvalue weighted by atomic mass is 16.6. The van der Waals surface area contributed by atoms with Crippen LogP contribution in [0.3, 0.4) is 0 Å². The summed E-state index contributed by atoms with van der Waals surface area (Å²) in [5.74, 6) is -0.365. The first-order valence-corrected chi connectivity index (χ1v) is 7.06. The van der Waals surface area contributed by atoms with Gasteiger partial charge in [0.2, 0.25) is 0 Å². The average Bonchev–Trinajstić information content (AvgIpc) is 2.43. The molecule has 6 nitrogen and oxygen atoms in total. The first-order valence-electron chi connectivity index (χ1n) is 7.06. The van der Waals surface area contributed by atoms with Crippen LogP contribution in [-0.2, 0) is 28.5 Å². The van der Waals surface area contributed by atoms with Crippen molar-refractivity contribution in [3.05, 3.63) is 0 Å². The van der Waals surface area contributed by atoms with Gasteiger partial charge < -0.3 is 23.7 Å². The van der Waals surface area contributed by atoms with Gasteiger partial charge in [0.1, 0.15) is 18.3 Å². The van der Waals surface area contributed by atoms with Gasteiger partial charge in [-0.2, -0.15) is 0 Å². The van der Waals surface area contributed by atoms with Crippen molar-refractivity contribution in [2.24, 2.45) is 0 Å². The highest BCUT2D eigenvalue weighted by Crippen LogP contribution is 2.23. The number of rotatable bonds is 8. The van der Waals surface area contributed by atoms with Crippen molar-refractivity contribution in [2.45, 2.75) is 51.1 Å². The molecule has 1 fully saturated rings. The van der Waals surface area contributed by atoms with Gasteiger partial charge in [0.25, 0.3) is 0 Å². The Balaban J connectivity index is 2.63. The summed E-state index contributed by atoms with van der Waals surface area (Å²) < 4.78 is 27.4. The van der Waals surface area contributed by atoms with E-state index in [1.165, 1.54) is 6.92 Å². The van der Waals surface area contributed by atoms with Gasteiger partial charge in [-0.3, -0.25) is 4.79 Å². The molecule has 0 spiro atoms. The SMILES string of the molecule is CCCCOC[C@H]1OC[C@H](OC)[C@@H](OC)[C@@H]1OC(C)=O. The monoisotopic (exact) mass is 290 g/mol. The number of hydrogen-bond donors (Lipinski definition) is 0. The van der Waals surface area contributed by atoms with Gasteiger partial charge in [0.05, 0.1) is 13.2 Å². The van der Waals surface area contributed by atoms with Gasteiger partial charge in [-0.05, 0) is 6.42 Å². The second-order valence-electron chi connectivity index (χ2n) is 4.85. The van der Waals surface area contributed by atoms with Gasteiger partial charge in [0, 0.05) is 27.8 Å². The predicted octanol–water partition coefficient (Wildman–Crippen LogP) is 1.16. The fraction of sp³-hybridized carbons (Fsp3) is 0.929. The Morgan fingerprint density at radius 3 is 2.55 bits per heavy atom. The fourth-order valence-corrected chi connectivity index (χ4v) is 2.24. The number of ether oxygens (including phenoxy) is 5. The van der Waals surface area contributed by atoms with E-state index in [1.807, 2.05) is 0 Å². The van der Waals surface area contributed by atoms with E-state index in [4.69, 9.17) is 23.7 Å². The summed E-state index contributed by atoms with van der Waals surface area (Å²) in [6.07, 6.45) is 0.628. The number of hydrogen-bond acceptors (Lipinski definition) is 6. The maximum atomic E-state index is 11.3. The smallest absolute Gasteiger partial charge is 0.303 e. The van der Waals surface area contributed by atoms with Crippen molar-refractivity contribution in [2.75, 3.05) is 34.0 Å². The molecule has 0 N–H and O–H groups in total. The van der Waals surface area contributed by atoms with Crippen molar-refractivity contribution >= 4 is 5.97 Å². The van der Waals surface area contributed by atoms with Crippen LogP contribution >= 0.6 is 0 Å². The van der Waals surface area contributed by atoms with Gasteiger partial charge in [-0.1, -0.05) is 13.3 Å². The van der Waals surface area contributed by atoms with Gasteiger partial charge in [-0.25, -0.2) is 0 Å². The summed E-state index contributed by atoms with van der Waals surface area (Å²) in [5.41, 5.74) is 0. The summed E-state index contributed by atoms with van der Waals surface area (Å²) in [7, 11) is 3.16. The fourth-order valence-electron chi connectivity index (χ4n) is 2.24. The second kappa shape index (κ2) is 9.28. The molecule has 118 valence electrons. The van der Waals surface area contributed by atoms with Crippen LogP contribution in [0.2, 0.25) is 0 Å². The molecule has 0 amide bonds. The predicted molar refractivity (Wildman–Crippen MR) is 72.6 cm³/mol. The van der Waals surface area contributed by atoms with Crippen molar-refractivity contribution < 1.29 is 28.5 Å². The summed E-state index contributed by atoms with van der Waals surface area (Å²) in [6.45, 7) is 4.93. The maximum Gasteiger partial charge on any atom is 0.303 e. The van der Waals surface area contributed by atoms with Crippen LogP contribution in [0.15, 0.2) is 0 Å². The molecule has 1 saturated heterocycles. The van der Waals surface area contributed by atoms with Crippen LogP contribution in [0, 0.1) is 0 Å². The van der Waals surface area contributed by atoms with Crippen molar-refractivity contribution in [1.29, 1.82) is 0 Å². The third-order valence-corrected chi connectivity index (χ3v) is 3.33. The lowest BCUT2D eigenvalue weighted by Crippen LogP contribution is -2.57. The Kier molecular flexibility index (Phi) is 8.06. The first kappa shape index (κ1) is 17.4. The van der Waals surface area contributed by atoms with E-state index in [0.717, 1.165) is 12.8 Å². The van der Waals surface area contributed by atoms with Gasteiger partial charge in [-0.15, -0.1) is 0 Å². The minimum absolute atomic E-state index is 0.253. The Hall–Kier alpha value is -0.690. The normalized spacial score (nSPS) is 30.2. The lowest BCUT2D eigenvalue weighted by atomic mass is 10.00. The number of carbonyl (C=O) groups is 1. The maximum absolute atomic E-state index is 11.3. The second-order valence-corrected chi connectivity index (χ2v) is 4.85. The topological polar surface area (TPSA) is 63.2 Å². The third kappa shape index (κ3) is 5.01. The highest BCUT2D eigenvalue weighted by molar-refractivity contribution is 5.66. The molecule has 0 aromatic heterocycles. The van der Waals surface area contributed by atoms with E-state index in [1.54, 1.807) is 14.2 Å². The van der Waals surface area contributed by atoms with Crippen LogP contribution < -0.4 is 0 Å². The summed E-state index contributed by atoms with van der Waals surface area (Å²) in [5, 5.41) is 0. The van der Waals surface area contributed by atoms with Crippen molar-refractivity contribution in [3.63, 3.8) is 0 Å². The molecule has 4 atom stereocenters. The molecule has 0 saturated carbocycles. The van der Waals surface area contributed by atoms with Crippen molar-refractivity contribution in [3.8, 4) is 0 Å². The molecule has 0 bridgehead atoms. The molecular weight excluding hydrogens is 264 g/mol. The molecule has 20 heavy (non-hydrogen) atoms. The minimum Gasteiger partial charge on any atom is -0.457 e. The van der Waals surface area contributed by atoms with Crippen molar-refractivity contribution in [1.82, 2.24) is 0 Å². The molecular formula is C14H26O6. The summed E-state index contributed by atoms with van der Waals surface area (Å²) in [6, 6.07) is 0. The van der Waals surface area contributed by atoms with Crippen LogP contribution in [0.1, 0.15) is 26.7 Å². The van der Waals surface area contributed by atoms with E-state index in [9.17, 15) is 4.79 Å². The zero-order chi connectivity index (χ0) is 15.0. The molecule has 0 aromatic carbocycles. The number of methoxy groups -OCH3 is 2. The number of esters is 1. The lowest BCUT2D eigenvalue weighted by molar-refractivity contribution is -0.226. The van der Waals surface area contributed by atoms with E-state index >= 15 is 0 Å². The molecule has 0 aliphatic carbocycles. The van der Waals surface area contributed by atoms with Gasteiger partial charge >= 0.3 is 5.97 Å². The zero-order valence-electron chi connectivity index (χ0n) is 12.8. The number of carbonyl (C=O) groups excluding carboxylic acids is 1. The molecule has 1 heterocycles. The Morgan fingerprint density at radius 2 is 2.00 bits per heavy atom. The molecule has 1 rings (SSSR count). The summed E-state index contributed by atoms with van der Waals surface area (Å²) in [4.78, 5) is 11.3. The van der Waals surface area contributed by atoms with E-state index in [0.29, 0.717) is 19.8 Å². The molecule has 1 aliphatic heterocycles. The quantitative estimate of drug-likeness (QED) is 0.494. The van der Waals surface area contributed by atoms with Crippen LogP contribution in [0.25, 0.3) is 0 Å². The number of unbranched alkanes of at least 4 members (excludes halogenated alkanes) is 1. The average molecular weight is 290 g/mol. The largest absolute Gasteiger partial charge is 0.457 e.